The van der Waals surface area contributed by atoms with E-state index in [9.17, 15) is 27.7 Å². The van der Waals surface area contributed by atoms with Gasteiger partial charge in [0.25, 0.3) is 0 Å². The number of carbonyl (C=O) groups excluding carboxylic acids is 2. The molecule has 5 rings (SSSR count). The van der Waals surface area contributed by atoms with E-state index in [4.69, 9.17) is 11.6 Å². The lowest BCUT2D eigenvalue weighted by molar-refractivity contribution is -0.140. The largest absolute Gasteiger partial charge is 0.336 e. The summed E-state index contributed by atoms with van der Waals surface area (Å²) in [7, 11) is -3.97. The second-order valence-corrected chi connectivity index (χ2v) is 11.9. The van der Waals surface area contributed by atoms with E-state index >= 15 is 0 Å². The van der Waals surface area contributed by atoms with Crippen LogP contribution < -0.4 is 5.32 Å². The number of sulfone groups is 1. The van der Waals surface area contributed by atoms with E-state index in [1.807, 2.05) is 0 Å². The Labute approximate surface area is 206 Å². The Balaban J connectivity index is 1.48. The van der Waals surface area contributed by atoms with Crippen molar-refractivity contribution < 1.29 is 22.4 Å². The molecule has 3 heterocycles. The first kappa shape index (κ1) is 23.6. The summed E-state index contributed by atoms with van der Waals surface area (Å²) < 4.78 is 41.3. The van der Waals surface area contributed by atoms with Crippen LogP contribution in [0.5, 0.6) is 0 Å². The van der Waals surface area contributed by atoms with Crippen LogP contribution in [-0.4, -0.2) is 58.5 Å². The number of hydrogen-bond donors (Lipinski definition) is 1. The maximum atomic E-state index is 14.7. The predicted molar refractivity (Wildman–Crippen MR) is 121 cm³/mol. The fourth-order valence-electron chi connectivity index (χ4n) is 4.61. The molecule has 3 aliphatic rings. The summed E-state index contributed by atoms with van der Waals surface area (Å²) in [4.78, 5) is 36.2. The van der Waals surface area contributed by atoms with Crippen molar-refractivity contribution in [2.75, 3.05) is 6.54 Å². The molecule has 0 radical (unpaired) electrons. The number of pyridine rings is 2. The molecule has 1 aliphatic heterocycles. The van der Waals surface area contributed by atoms with Crippen molar-refractivity contribution in [3.05, 3.63) is 53.2 Å². The number of hydrogen-bond acceptors (Lipinski definition) is 7. The molecule has 182 valence electrons. The van der Waals surface area contributed by atoms with Gasteiger partial charge in [0.1, 0.15) is 17.4 Å². The molecule has 2 atom stereocenters. The Bertz CT molecular complexity index is 1360. The first-order valence-corrected chi connectivity index (χ1v) is 13.1. The maximum Gasteiger partial charge on any atom is 0.244 e. The van der Waals surface area contributed by atoms with E-state index in [2.05, 4.69) is 21.4 Å². The van der Waals surface area contributed by atoms with Gasteiger partial charge in [-0.25, -0.2) is 17.8 Å². The van der Waals surface area contributed by atoms with Gasteiger partial charge in [0, 0.05) is 18.9 Å². The van der Waals surface area contributed by atoms with Crippen molar-refractivity contribution in [2.45, 2.75) is 59.4 Å². The van der Waals surface area contributed by atoms with Crippen molar-refractivity contribution in [1.29, 1.82) is 5.26 Å². The summed E-state index contributed by atoms with van der Waals surface area (Å²) in [6, 6.07) is 6.49. The average molecular weight is 518 g/mol. The highest BCUT2D eigenvalue weighted by atomic mass is 35.5. The zero-order valence-corrected chi connectivity index (χ0v) is 20.0. The summed E-state index contributed by atoms with van der Waals surface area (Å²) in [6.07, 6.45) is 4.02. The van der Waals surface area contributed by atoms with Gasteiger partial charge in [-0.15, -0.1) is 0 Å². The third-order valence-corrected chi connectivity index (χ3v) is 9.19. The summed E-state index contributed by atoms with van der Waals surface area (Å²) >= 11 is 5.82. The molecule has 9 nitrogen and oxygen atoms in total. The first-order chi connectivity index (χ1) is 16.6. The molecule has 0 bridgehead atoms. The molecule has 0 spiro atoms. The molecule has 3 fully saturated rings. The summed E-state index contributed by atoms with van der Waals surface area (Å²) in [5, 5.41) is 10.9. The third-order valence-electron chi connectivity index (χ3n) is 6.94. The Morgan fingerprint density at radius 1 is 1.23 bits per heavy atom. The number of likely N-dealkylation sites (tertiary alicyclic amines) is 1. The lowest BCUT2D eigenvalue weighted by atomic mass is 9.98. The fraction of sp³-hybridized carbons (Fsp3) is 0.435. The fourth-order valence-corrected chi connectivity index (χ4v) is 6.36. The van der Waals surface area contributed by atoms with Crippen LogP contribution in [0.1, 0.15) is 37.8 Å². The number of halogens is 2. The monoisotopic (exact) mass is 517 g/mol. The minimum atomic E-state index is -3.97. The normalized spacial score (nSPS) is 23.9. The number of aromatic nitrogens is 2. The molecule has 35 heavy (non-hydrogen) atoms. The molecular formula is C23H21ClFN5O4S. The van der Waals surface area contributed by atoms with E-state index < -0.39 is 49.7 Å². The minimum Gasteiger partial charge on any atom is -0.336 e. The highest BCUT2D eigenvalue weighted by molar-refractivity contribution is 7.92. The van der Waals surface area contributed by atoms with E-state index in [0.29, 0.717) is 25.7 Å². The highest BCUT2D eigenvalue weighted by Crippen LogP contribution is 2.51. The SMILES string of the molecule is N#CC1(NC(=O)C2CC(S(=O)(=O)c3ccccn3)CN2C(=O)C2(c3ncc(Cl)cc3F)CC2)CC1. The van der Waals surface area contributed by atoms with Crippen LogP contribution in [0.3, 0.4) is 0 Å². The number of amides is 2. The molecule has 2 aromatic rings. The molecular weight excluding hydrogens is 497 g/mol. The van der Waals surface area contributed by atoms with Gasteiger partial charge in [-0.3, -0.25) is 14.6 Å². The molecule has 0 aromatic carbocycles. The lowest BCUT2D eigenvalue weighted by Gasteiger charge is -2.28. The standard InChI is InChI=1S/C23H21ClFN5O4S/c24-14-9-16(25)19(28-11-14)23(6-7-23)21(32)30-12-15(35(33,34)18-3-1-2-8-27-18)10-17(30)20(31)29-22(13-26)4-5-22/h1-3,8-9,11,15,17H,4-7,10,12H2,(H,29,31). The molecule has 2 unspecified atom stereocenters. The van der Waals surface area contributed by atoms with Gasteiger partial charge in [-0.1, -0.05) is 17.7 Å². The van der Waals surface area contributed by atoms with Crippen LogP contribution in [0.2, 0.25) is 5.02 Å². The van der Waals surface area contributed by atoms with Crippen LogP contribution in [0.25, 0.3) is 0 Å². The number of nitrogens with zero attached hydrogens (tertiary/aromatic N) is 4. The minimum absolute atomic E-state index is 0.0715. The number of nitrogens with one attached hydrogen (secondary N) is 1. The molecule has 1 saturated heterocycles. The number of nitriles is 1. The smallest absolute Gasteiger partial charge is 0.244 e. The summed E-state index contributed by atoms with van der Waals surface area (Å²) in [5.41, 5.74) is -2.36. The average Bonchev–Trinajstić information content (AvgIpc) is 3.76. The molecule has 2 saturated carbocycles. The second kappa shape index (κ2) is 8.24. The van der Waals surface area contributed by atoms with E-state index in [-0.39, 0.29) is 28.7 Å². The van der Waals surface area contributed by atoms with Gasteiger partial charge in [-0.05, 0) is 50.3 Å². The Morgan fingerprint density at radius 2 is 1.97 bits per heavy atom. The van der Waals surface area contributed by atoms with Gasteiger partial charge in [-0.2, -0.15) is 5.26 Å². The van der Waals surface area contributed by atoms with Crippen molar-refractivity contribution in [2.24, 2.45) is 0 Å². The van der Waals surface area contributed by atoms with Gasteiger partial charge in [0.2, 0.25) is 11.8 Å². The van der Waals surface area contributed by atoms with E-state index in [1.165, 1.54) is 23.4 Å². The third kappa shape index (κ3) is 4.04. The van der Waals surface area contributed by atoms with Crippen LogP contribution >= 0.6 is 11.6 Å². The van der Waals surface area contributed by atoms with Gasteiger partial charge < -0.3 is 10.2 Å². The Hall–Kier alpha value is -3.10. The van der Waals surface area contributed by atoms with Crippen LogP contribution in [0.4, 0.5) is 4.39 Å². The van der Waals surface area contributed by atoms with Crippen molar-refractivity contribution in [3.63, 3.8) is 0 Å². The second-order valence-electron chi connectivity index (χ2n) is 9.29. The number of carbonyl (C=O) groups is 2. The van der Waals surface area contributed by atoms with Crippen molar-refractivity contribution >= 4 is 33.3 Å². The highest BCUT2D eigenvalue weighted by Gasteiger charge is 2.60. The summed E-state index contributed by atoms with van der Waals surface area (Å²) in [6.45, 7) is -0.258. The first-order valence-electron chi connectivity index (χ1n) is 11.1. The van der Waals surface area contributed by atoms with Crippen LogP contribution in [0, 0.1) is 17.1 Å². The maximum absolute atomic E-state index is 14.7. The zero-order valence-electron chi connectivity index (χ0n) is 18.4. The number of rotatable bonds is 6. The molecule has 1 N–H and O–H groups in total. The molecule has 2 aromatic heterocycles. The quantitative estimate of drug-likeness (QED) is 0.618. The summed E-state index contributed by atoms with van der Waals surface area (Å²) in [5.74, 6) is -1.90. The van der Waals surface area contributed by atoms with Gasteiger partial charge in [0.05, 0.1) is 27.5 Å². The van der Waals surface area contributed by atoms with Crippen LogP contribution in [-0.2, 0) is 24.8 Å². The van der Waals surface area contributed by atoms with E-state index in [0.717, 1.165) is 6.07 Å². The molecule has 2 amide bonds. The molecule has 12 heteroatoms. The van der Waals surface area contributed by atoms with E-state index in [1.54, 1.807) is 12.1 Å². The van der Waals surface area contributed by atoms with Crippen LogP contribution in [0.15, 0.2) is 41.7 Å². The zero-order chi connectivity index (χ0) is 25.0. The van der Waals surface area contributed by atoms with Gasteiger partial charge >= 0.3 is 0 Å². The van der Waals surface area contributed by atoms with Crippen molar-refractivity contribution in [1.82, 2.24) is 20.2 Å². The lowest BCUT2D eigenvalue weighted by Crippen LogP contribution is -2.52. The topological polar surface area (TPSA) is 133 Å². The van der Waals surface area contributed by atoms with Crippen molar-refractivity contribution in [3.8, 4) is 6.07 Å². The predicted octanol–water partition coefficient (Wildman–Crippen LogP) is 1.92. The Morgan fingerprint density at radius 3 is 2.54 bits per heavy atom. The molecule has 2 aliphatic carbocycles. The van der Waals surface area contributed by atoms with Gasteiger partial charge in [0.15, 0.2) is 14.9 Å². The Kier molecular flexibility index (Phi) is 5.56.